The molecule has 8 nitrogen and oxygen atoms in total. The number of rotatable bonds is 6. The van der Waals surface area contributed by atoms with E-state index in [0.717, 1.165) is 0 Å². The molecule has 0 aromatic carbocycles. The molecular weight excluding hydrogens is 250 g/mol. The van der Waals surface area contributed by atoms with Crippen molar-refractivity contribution in [2.24, 2.45) is 0 Å². The fraction of sp³-hybridized carbons (Fsp3) is 0.545. The maximum Gasteiger partial charge on any atom is 0.244 e. The van der Waals surface area contributed by atoms with E-state index < -0.39 is 6.41 Å². The summed E-state index contributed by atoms with van der Waals surface area (Å²) >= 11 is 0. The van der Waals surface area contributed by atoms with Crippen molar-refractivity contribution in [2.75, 3.05) is 32.2 Å². The van der Waals surface area contributed by atoms with E-state index in [1.54, 1.807) is 0 Å². The number of hydrogen-bond donors (Lipinski definition) is 2. The van der Waals surface area contributed by atoms with Crippen molar-refractivity contribution >= 4 is 17.0 Å². The van der Waals surface area contributed by atoms with E-state index in [4.69, 9.17) is 9.84 Å². The predicted octanol–water partition coefficient (Wildman–Crippen LogP) is -0.260. The second-order valence-corrected chi connectivity index (χ2v) is 4.19. The zero-order valence-electron chi connectivity index (χ0n) is 10.9. The van der Waals surface area contributed by atoms with Crippen LogP contribution in [0.3, 0.4) is 0 Å². The molecule has 0 fully saturated rings. The number of nitrogens with zero attached hydrogens (tertiary/aromatic N) is 5. The Morgan fingerprint density at radius 2 is 2.16 bits per heavy atom. The Balaban J connectivity index is 2.27. The van der Waals surface area contributed by atoms with Gasteiger partial charge in [-0.1, -0.05) is 0 Å². The van der Waals surface area contributed by atoms with Gasteiger partial charge in [-0.05, 0) is 6.42 Å². The second kappa shape index (κ2) is 5.91. The monoisotopic (exact) mass is 267 g/mol. The number of aliphatic hydroxyl groups is 2. The first kappa shape index (κ1) is 13.7. The van der Waals surface area contributed by atoms with Gasteiger partial charge in [0.15, 0.2) is 17.0 Å². The first-order chi connectivity index (χ1) is 9.15. The fourth-order valence-electron chi connectivity index (χ4n) is 1.66. The van der Waals surface area contributed by atoms with Crippen LogP contribution in [0.4, 0.5) is 5.82 Å². The average molecular weight is 267 g/mol. The lowest BCUT2D eigenvalue weighted by atomic mass is 10.4. The summed E-state index contributed by atoms with van der Waals surface area (Å²) in [5.41, 5.74) is 1.09. The number of anilines is 1. The van der Waals surface area contributed by atoms with Crippen LogP contribution in [0.15, 0.2) is 12.7 Å². The van der Waals surface area contributed by atoms with Crippen molar-refractivity contribution in [2.45, 2.75) is 12.8 Å². The van der Waals surface area contributed by atoms with Crippen LogP contribution >= 0.6 is 0 Å². The summed E-state index contributed by atoms with van der Waals surface area (Å²) in [5, 5.41) is 18.6. The van der Waals surface area contributed by atoms with E-state index >= 15 is 0 Å². The zero-order chi connectivity index (χ0) is 13.8. The molecule has 104 valence electrons. The van der Waals surface area contributed by atoms with E-state index in [2.05, 4.69) is 15.0 Å². The molecule has 1 unspecified atom stereocenters. The lowest BCUT2D eigenvalue weighted by molar-refractivity contribution is -0.152. The Hall–Kier alpha value is -1.77. The van der Waals surface area contributed by atoms with Crippen molar-refractivity contribution in [3.8, 4) is 0 Å². The van der Waals surface area contributed by atoms with Crippen molar-refractivity contribution in [1.82, 2.24) is 19.5 Å². The number of imidazole rings is 1. The number of hydrogen-bond acceptors (Lipinski definition) is 7. The van der Waals surface area contributed by atoms with Gasteiger partial charge < -0.3 is 19.8 Å². The minimum atomic E-state index is -1.18. The summed E-state index contributed by atoms with van der Waals surface area (Å²) < 4.78 is 6.60. The Labute approximate surface area is 110 Å². The van der Waals surface area contributed by atoms with Gasteiger partial charge in [-0.25, -0.2) is 15.0 Å². The molecule has 8 heteroatoms. The Morgan fingerprint density at radius 1 is 1.37 bits per heavy atom. The fourth-order valence-corrected chi connectivity index (χ4v) is 1.66. The van der Waals surface area contributed by atoms with Gasteiger partial charge in [0.05, 0.1) is 6.61 Å². The first-order valence-electron chi connectivity index (χ1n) is 5.90. The Morgan fingerprint density at radius 3 is 2.84 bits per heavy atom. The van der Waals surface area contributed by atoms with Gasteiger partial charge in [-0.2, -0.15) is 0 Å². The molecule has 2 heterocycles. The van der Waals surface area contributed by atoms with Gasteiger partial charge in [-0.3, -0.25) is 4.57 Å². The molecule has 0 radical (unpaired) electrons. The molecule has 0 amide bonds. The first-order valence-corrected chi connectivity index (χ1v) is 5.90. The largest absolute Gasteiger partial charge is 0.396 e. The summed E-state index contributed by atoms with van der Waals surface area (Å²) in [6.45, 7) is 0.271. The third-order valence-corrected chi connectivity index (χ3v) is 2.57. The maximum absolute atomic E-state index is 9.91. The summed E-state index contributed by atoms with van der Waals surface area (Å²) in [6, 6.07) is 0. The minimum Gasteiger partial charge on any atom is -0.396 e. The molecule has 2 rings (SSSR count). The van der Waals surface area contributed by atoms with Crippen LogP contribution < -0.4 is 4.90 Å². The lowest BCUT2D eigenvalue weighted by Gasteiger charge is -2.14. The summed E-state index contributed by atoms with van der Waals surface area (Å²) in [4.78, 5) is 14.3. The third kappa shape index (κ3) is 2.80. The molecular formula is C11H17N5O3. The average Bonchev–Trinajstić information content (AvgIpc) is 2.82. The lowest BCUT2D eigenvalue weighted by Crippen LogP contribution is -2.14. The van der Waals surface area contributed by atoms with E-state index in [9.17, 15) is 5.11 Å². The van der Waals surface area contributed by atoms with Crippen molar-refractivity contribution in [3.63, 3.8) is 0 Å². The van der Waals surface area contributed by atoms with Crippen LogP contribution in [0.5, 0.6) is 0 Å². The Bertz CT molecular complexity index is 542. The SMILES string of the molecule is CN(C)c1ncnc2c1ncn2C(O)OCCCO. The quantitative estimate of drug-likeness (QED) is 0.549. The van der Waals surface area contributed by atoms with E-state index in [0.29, 0.717) is 23.4 Å². The Kier molecular flexibility index (Phi) is 4.25. The molecule has 0 aliphatic heterocycles. The molecule has 0 spiro atoms. The minimum absolute atomic E-state index is 0.0182. The van der Waals surface area contributed by atoms with Crippen LogP contribution in [0.25, 0.3) is 11.2 Å². The molecule has 0 bridgehead atoms. The van der Waals surface area contributed by atoms with Crippen LogP contribution in [-0.2, 0) is 4.74 Å². The van der Waals surface area contributed by atoms with Crippen LogP contribution in [-0.4, -0.2) is 57.0 Å². The van der Waals surface area contributed by atoms with Crippen molar-refractivity contribution in [3.05, 3.63) is 12.7 Å². The zero-order valence-corrected chi connectivity index (χ0v) is 10.9. The smallest absolute Gasteiger partial charge is 0.244 e. The van der Waals surface area contributed by atoms with Crippen LogP contribution in [0, 0.1) is 0 Å². The molecule has 0 aliphatic rings. The molecule has 0 aliphatic carbocycles. The van der Waals surface area contributed by atoms with Gasteiger partial charge in [0.1, 0.15) is 12.7 Å². The molecule has 1 atom stereocenters. The highest BCUT2D eigenvalue weighted by atomic mass is 16.6. The summed E-state index contributed by atoms with van der Waals surface area (Å²) in [6.07, 6.45) is 2.15. The van der Waals surface area contributed by atoms with Gasteiger partial charge in [0, 0.05) is 20.7 Å². The molecule has 19 heavy (non-hydrogen) atoms. The third-order valence-electron chi connectivity index (χ3n) is 2.57. The predicted molar refractivity (Wildman–Crippen MR) is 68.6 cm³/mol. The van der Waals surface area contributed by atoms with Crippen molar-refractivity contribution in [1.29, 1.82) is 0 Å². The highest BCUT2D eigenvalue weighted by Crippen LogP contribution is 2.21. The maximum atomic E-state index is 9.91. The molecule has 0 saturated heterocycles. The van der Waals surface area contributed by atoms with Crippen LogP contribution in [0.2, 0.25) is 0 Å². The molecule has 2 aromatic heterocycles. The van der Waals surface area contributed by atoms with Gasteiger partial charge in [-0.15, -0.1) is 0 Å². The number of aromatic nitrogens is 4. The molecule has 2 aromatic rings. The standard InChI is InChI=1S/C11H17N5O3/c1-15(2)9-8-10(13-6-12-9)16(7-14-8)11(18)19-5-3-4-17/h6-7,11,17-18H,3-5H2,1-2H3. The van der Waals surface area contributed by atoms with E-state index in [1.807, 2.05) is 19.0 Å². The highest BCUT2D eigenvalue weighted by Gasteiger charge is 2.16. The normalized spacial score (nSPS) is 12.8. The van der Waals surface area contributed by atoms with E-state index in [-0.39, 0.29) is 13.2 Å². The summed E-state index contributed by atoms with van der Waals surface area (Å²) in [7, 11) is 3.71. The van der Waals surface area contributed by atoms with Gasteiger partial charge in [0.25, 0.3) is 0 Å². The van der Waals surface area contributed by atoms with Crippen molar-refractivity contribution < 1.29 is 14.9 Å². The highest BCUT2D eigenvalue weighted by molar-refractivity contribution is 5.82. The number of ether oxygens (including phenoxy) is 1. The number of aliphatic hydroxyl groups excluding tert-OH is 2. The van der Waals surface area contributed by atoms with Crippen LogP contribution in [0.1, 0.15) is 12.8 Å². The molecule has 0 saturated carbocycles. The van der Waals surface area contributed by atoms with Gasteiger partial charge >= 0.3 is 0 Å². The topological polar surface area (TPSA) is 96.5 Å². The van der Waals surface area contributed by atoms with Gasteiger partial charge in [0.2, 0.25) is 6.41 Å². The van der Waals surface area contributed by atoms with E-state index in [1.165, 1.54) is 17.2 Å². The second-order valence-electron chi connectivity index (χ2n) is 4.19. The molecule has 2 N–H and O–H groups in total. The number of fused-ring (bicyclic) bond motifs is 1. The summed E-state index contributed by atoms with van der Waals surface area (Å²) in [5.74, 6) is 0.673.